The van der Waals surface area contributed by atoms with Crippen molar-refractivity contribution < 1.29 is 9.53 Å². The minimum absolute atomic E-state index is 0.0343. The lowest BCUT2D eigenvalue weighted by Gasteiger charge is -2.35. The Balaban J connectivity index is 1.51. The minimum Gasteiger partial charge on any atom is -0.373 e. The van der Waals surface area contributed by atoms with Gasteiger partial charge in [-0.2, -0.15) is 0 Å². The second-order valence-electron chi connectivity index (χ2n) is 5.39. The van der Waals surface area contributed by atoms with Gasteiger partial charge in [-0.05, 0) is 19.4 Å². The lowest BCUT2D eigenvalue weighted by Crippen LogP contribution is -2.50. The summed E-state index contributed by atoms with van der Waals surface area (Å²) < 4.78 is 5.80. The molecule has 2 fully saturated rings. The van der Waals surface area contributed by atoms with E-state index in [1.165, 1.54) is 25.2 Å². The Morgan fingerprint density at radius 1 is 1.52 bits per heavy atom. The number of nitrogen functional groups attached to an aromatic ring is 1. The Bertz CT molecular complexity index is 511. The number of aromatic nitrogens is 2. The molecule has 2 atom stereocenters. The number of nitrogens with two attached hydrogens (primary N) is 1. The van der Waals surface area contributed by atoms with Crippen LogP contribution < -0.4 is 16.6 Å². The van der Waals surface area contributed by atoms with E-state index in [1.54, 1.807) is 0 Å². The number of hydrazine groups is 1. The first kappa shape index (κ1) is 14.2. The van der Waals surface area contributed by atoms with Crippen LogP contribution in [-0.2, 0) is 4.74 Å². The molecule has 1 aromatic heterocycles. The highest BCUT2D eigenvalue weighted by atomic mass is 16.5. The molecule has 4 N–H and O–H groups in total. The summed E-state index contributed by atoms with van der Waals surface area (Å²) in [5, 5.41) is 2.84. The van der Waals surface area contributed by atoms with Gasteiger partial charge in [0.15, 0.2) is 5.82 Å². The standard InChI is InChI=1S/C13H20N6O2/c14-18-12-6-15-5-11(17-12)13(20)16-4-10-7-19-3-1-2-9(19)8-21-10/h5-6,9-10H,1-4,7-8,14H2,(H,16,20)(H,17,18). The average Bonchev–Trinajstić information content (AvgIpc) is 3.00. The van der Waals surface area contributed by atoms with Crippen LogP contribution in [0, 0.1) is 0 Å². The number of hydrogen-bond donors (Lipinski definition) is 3. The number of nitrogens with zero attached hydrogens (tertiary/aromatic N) is 3. The van der Waals surface area contributed by atoms with Crippen molar-refractivity contribution in [1.29, 1.82) is 0 Å². The lowest BCUT2D eigenvalue weighted by atomic mass is 10.2. The summed E-state index contributed by atoms with van der Waals surface area (Å²) in [5.74, 6) is 5.34. The van der Waals surface area contributed by atoms with Crippen molar-refractivity contribution in [3.8, 4) is 0 Å². The van der Waals surface area contributed by atoms with Gasteiger partial charge in [0, 0.05) is 19.1 Å². The Morgan fingerprint density at radius 3 is 3.29 bits per heavy atom. The minimum atomic E-state index is -0.272. The normalized spacial score (nSPS) is 25.4. The topological polar surface area (TPSA) is 105 Å². The van der Waals surface area contributed by atoms with Crippen LogP contribution in [0.5, 0.6) is 0 Å². The summed E-state index contributed by atoms with van der Waals surface area (Å²) in [6.45, 7) is 3.24. The molecule has 2 unspecified atom stereocenters. The largest absolute Gasteiger partial charge is 0.373 e. The number of amides is 1. The van der Waals surface area contributed by atoms with Gasteiger partial charge in [0.05, 0.1) is 25.1 Å². The molecule has 0 radical (unpaired) electrons. The van der Waals surface area contributed by atoms with E-state index in [1.807, 2.05) is 0 Å². The van der Waals surface area contributed by atoms with Crippen LogP contribution in [-0.4, -0.2) is 59.2 Å². The number of ether oxygens (including phenoxy) is 1. The molecule has 0 aliphatic carbocycles. The van der Waals surface area contributed by atoms with Crippen molar-refractivity contribution in [1.82, 2.24) is 20.2 Å². The van der Waals surface area contributed by atoms with E-state index in [9.17, 15) is 4.79 Å². The number of nitrogens with one attached hydrogen (secondary N) is 2. The van der Waals surface area contributed by atoms with Crippen LogP contribution in [0.3, 0.4) is 0 Å². The molecule has 21 heavy (non-hydrogen) atoms. The fraction of sp³-hybridized carbons (Fsp3) is 0.615. The summed E-state index contributed by atoms with van der Waals surface area (Å²) in [5.41, 5.74) is 2.60. The highest BCUT2D eigenvalue weighted by Crippen LogP contribution is 2.22. The number of fused-ring (bicyclic) bond motifs is 1. The zero-order valence-electron chi connectivity index (χ0n) is 11.8. The zero-order chi connectivity index (χ0) is 14.7. The molecule has 114 valence electrons. The van der Waals surface area contributed by atoms with E-state index in [0.717, 1.165) is 19.7 Å². The molecule has 1 aromatic rings. The van der Waals surface area contributed by atoms with Crippen LogP contribution in [0.15, 0.2) is 12.4 Å². The Kier molecular flexibility index (Phi) is 4.28. The summed E-state index contributed by atoms with van der Waals surface area (Å²) in [4.78, 5) is 22.4. The molecule has 2 aliphatic rings. The SMILES string of the molecule is NNc1cncc(C(=O)NCC2CN3CCCC3CO2)n1. The summed E-state index contributed by atoms with van der Waals surface area (Å²) >= 11 is 0. The fourth-order valence-electron chi connectivity index (χ4n) is 2.85. The van der Waals surface area contributed by atoms with Gasteiger partial charge in [-0.25, -0.2) is 10.8 Å². The first-order chi connectivity index (χ1) is 10.3. The van der Waals surface area contributed by atoms with Crippen LogP contribution in [0.4, 0.5) is 5.82 Å². The van der Waals surface area contributed by atoms with E-state index in [2.05, 4.69) is 25.6 Å². The summed E-state index contributed by atoms with van der Waals surface area (Å²) in [6.07, 6.45) is 5.35. The van der Waals surface area contributed by atoms with Crippen molar-refractivity contribution in [3.05, 3.63) is 18.1 Å². The number of morpholine rings is 1. The molecule has 1 amide bonds. The van der Waals surface area contributed by atoms with Gasteiger partial charge in [0.1, 0.15) is 5.69 Å². The van der Waals surface area contributed by atoms with Crippen LogP contribution >= 0.6 is 0 Å². The number of hydrogen-bond acceptors (Lipinski definition) is 7. The number of rotatable bonds is 4. The predicted molar refractivity (Wildman–Crippen MR) is 76.5 cm³/mol. The van der Waals surface area contributed by atoms with Crippen molar-refractivity contribution >= 4 is 11.7 Å². The molecule has 3 heterocycles. The average molecular weight is 292 g/mol. The number of anilines is 1. The van der Waals surface area contributed by atoms with Crippen molar-refractivity contribution in [2.75, 3.05) is 31.7 Å². The predicted octanol–water partition coefficient (Wildman–Crippen LogP) is -0.645. The van der Waals surface area contributed by atoms with E-state index >= 15 is 0 Å². The van der Waals surface area contributed by atoms with Crippen molar-refractivity contribution in [2.24, 2.45) is 5.84 Å². The van der Waals surface area contributed by atoms with Crippen LogP contribution in [0.1, 0.15) is 23.3 Å². The summed E-state index contributed by atoms with van der Waals surface area (Å²) in [7, 11) is 0. The molecule has 0 aromatic carbocycles. The molecule has 0 spiro atoms. The van der Waals surface area contributed by atoms with Gasteiger partial charge < -0.3 is 15.5 Å². The molecule has 2 aliphatic heterocycles. The van der Waals surface area contributed by atoms with Gasteiger partial charge in [0.25, 0.3) is 5.91 Å². The molecule has 8 heteroatoms. The molecule has 0 saturated carbocycles. The highest BCUT2D eigenvalue weighted by Gasteiger charge is 2.32. The smallest absolute Gasteiger partial charge is 0.271 e. The Labute approximate surface area is 123 Å². The highest BCUT2D eigenvalue weighted by molar-refractivity contribution is 5.92. The molecule has 0 bridgehead atoms. The molecule has 2 saturated heterocycles. The maximum Gasteiger partial charge on any atom is 0.271 e. The van der Waals surface area contributed by atoms with E-state index < -0.39 is 0 Å². The lowest BCUT2D eigenvalue weighted by molar-refractivity contribution is -0.0462. The van der Waals surface area contributed by atoms with Crippen molar-refractivity contribution in [2.45, 2.75) is 25.0 Å². The van der Waals surface area contributed by atoms with Gasteiger partial charge in [-0.1, -0.05) is 0 Å². The first-order valence-electron chi connectivity index (χ1n) is 7.19. The van der Waals surface area contributed by atoms with Crippen LogP contribution in [0.25, 0.3) is 0 Å². The third-order valence-electron chi connectivity index (χ3n) is 3.97. The molecular formula is C13H20N6O2. The van der Waals surface area contributed by atoms with Crippen molar-refractivity contribution in [3.63, 3.8) is 0 Å². The van der Waals surface area contributed by atoms with E-state index in [-0.39, 0.29) is 17.7 Å². The zero-order valence-corrected chi connectivity index (χ0v) is 11.8. The maximum absolute atomic E-state index is 12.0. The molecule has 3 rings (SSSR count). The first-order valence-corrected chi connectivity index (χ1v) is 7.19. The summed E-state index contributed by atoms with van der Waals surface area (Å²) in [6, 6.07) is 0.565. The quantitative estimate of drug-likeness (QED) is 0.500. The third kappa shape index (κ3) is 3.29. The van der Waals surface area contributed by atoms with Gasteiger partial charge in [-0.3, -0.25) is 14.7 Å². The fourth-order valence-corrected chi connectivity index (χ4v) is 2.85. The Morgan fingerprint density at radius 2 is 2.43 bits per heavy atom. The number of carbonyl (C=O) groups is 1. The van der Waals surface area contributed by atoms with E-state index in [0.29, 0.717) is 18.4 Å². The van der Waals surface area contributed by atoms with Gasteiger partial charge in [-0.15, -0.1) is 0 Å². The van der Waals surface area contributed by atoms with Gasteiger partial charge in [0.2, 0.25) is 0 Å². The maximum atomic E-state index is 12.0. The van der Waals surface area contributed by atoms with Gasteiger partial charge >= 0.3 is 0 Å². The Hall–Kier alpha value is -1.77. The monoisotopic (exact) mass is 292 g/mol. The molecular weight excluding hydrogens is 272 g/mol. The third-order valence-corrected chi connectivity index (χ3v) is 3.97. The van der Waals surface area contributed by atoms with Crippen LogP contribution in [0.2, 0.25) is 0 Å². The second-order valence-corrected chi connectivity index (χ2v) is 5.39. The van der Waals surface area contributed by atoms with E-state index in [4.69, 9.17) is 10.6 Å². The molecule has 8 nitrogen and oxygen atoms in total. The number of carbonyl (C=O) groups excluding carboxylic acids is 1. The second kappa shape index (κ2) is 6.33.